The largest absolute Gasteiger partial charge is 0.370 e. The Morgan fingerprint density at radius 3 is 2.33 bits per heavy atom. The van der Waals surface area contributed by atoms with Crippen molar-refractivity contribution >= 4 is 11.6 Å². The summed E-state index contributed by atoms with van der Waals surface area (Å²) in [6.07, 6.45) is 8.14. The Labute approximate surface area is 130 Å². The van der Waals surface area contributed by atoms with E-state index in [4.69, 9.17) is 0 Å². The van der Waals surface area contributed by atoms with Gasteiger partial charge in [-0.1, -0.05) is 40.0 Å². The minimum absolute atomic E-state index is 0.522. The van der Waals surface area contributed by atoms with E-state index in [1.807, 2.05) is 6.07 Å². The summed E-state index contributed by atoms with van der Waals surface area (Å²) in [6, 6.07) is 2.56. The molecule has 21 heavy (non-hydrogen) atoms. The van der Waals surface area contributed by atoms with Crippen molar-refractivity contribution < 1.29 is 0 Å². The summed E-state index contributed by atoms with van der Waals surface area (Å²) >= 11 is 0. The van der Waals surface area contributed by atoms with Crippen LogP contribution in [0.15, 0.2) is 6.07 Å². The first kappa shape index (κ1) is 17.7. The van der Waals surface area contributed by atoms with Crippen molar-refractivity contribution in [1.29, 1.82) is 0 Å². The summed E-state index contributed by atoms with van der Waals surface area (Å²) in [7, 11) is 0. The Hall–Kier alpha value is -1.32. The maximum atomic E-state index is 4.67. The first-order chi connectivity index (χ1) is 10.2. The van der Waals surface area contributed by atoms with Gasteiger partial charge in [0, 0.05) is 25.1 Å². The molecule has 0 spiro atoms. The molecule has 0 radical (unpaired) electrons. The summed E-state index contributed by atoms with van der Waals surface area (Å²) in [5.41, 5.74) is 0. The predicted octanol–water partition coefficient (Wildman–Crippen LogP) is 4.63. The molecule has 0 fully saturated rings. The molecule has 1 heterocycles. The lowest BCUT2D eigenvalue weighted by atomic mass is 10.1. The van der Waals surface area contributed by atoms with Gasteiger partial charge in [0.25, 0.3) is 0 Å². The molecule has 0 aliphatic carbocycles. The van der Waals surface area contributed by atoms with E-state index in [2.05, 4.69) is 48.3 Å². The van der Waals surface area contributed by atoms with Crippen molar-refractivity contribution in [1.82, 2.24) is 9.97 Å². The number of hydrogen-bond donors (Lipinski definition) is 2. The van der Waals surface area contributed by atoms with Crippen LogP contribution in [0.5, 0.6) is 0 Å². The minimum Gasteiger partial charge on any atom is -0.370 e. The normalized spacial score (nSPS) is 12.2. The van der Waals surface area contributed by atoms with Crippen LogP contribution in [-0.2, 0) is 6.42 Å². The van der Waals surface area contributed by atoms with Crippen LogP contribution in [0.25, 0.3) is 0 Å². The zero-order valence-corrected chi connectivity index (χ0v) is 14.2. The molecule has 1 aromatic rings. The quantitative estimate of drug-likeness (QED) is 0.624. The molecule has 0 amide bonds. The zero-order valence-electron chi connectivity index (χ0n) is 14.2. The third-order valence-electron chi connectivity index (χ3n) is 3.50. The first-order valence-corrected chi connectivity index (χ1v) is 8.61. The van der Waals surface area contributed by atoms with Crippen LogP contribution < -0.4 is 10.6 Å². The average molecular weight is 292 g/mol. The number of hydrogen-bond acceptors (Lipinski definition) is 4. The highest BCUT2D eigenvalue weighted by atomic mass is 15.1. The molecule has 1 unspecified atom stereocenters. The van der Waals surface area contributed by atoms with Crippen molar-refractivity contribution in [2.45, 2.75) is 78.7 Å². The minimum atomic E-state index is 0.522. The van der Waals surface area contributed by atoms with E-state index in [1.165, 1.54) is 32.1 Å². The number of nitrogens with zero attached hydrogens (tertiary/aromatic N) is 2. The topological polar surface area (TPSA) is 49.8 Å². The fraction of sp³-hybridized carbons (Fsp3) is 0.765. The SMILES string of the molecule is CCCCC(CCC)Nc1cc(NCC)nc(CCC)n1. The molecule has 4 heteroatoms. The highest BCUT2D eigenvalue weighted by Gasteiger charge is 2.10. The molecule has 0 bridgehead atoms. The lowest BCUT2D eigenvalue weighted by molar-refractivity contribution is 0.562. The molecule has 0 saturated heterocycles. The summed E-state index contributed by atoms with van der Waals surface area (Å²) in [4.78, 5) is 9.24. The van der Waals surface area contributed by atoms with Crippen LogP contribution in [0.4, 0.5) is 11.6 Å². The Balaban J connectivity index is 2.81. The second-order valence-electron chi connectivity index (χ2n) is 5.61. The number of rotatable bonds is 11. The zero-order chi connectivity index (χ0) is 15.5. The molecule has 0 aliphatic rings. The third-order valence-corrected chi connectivity index (χ3v) is 3.50. The van der Waals surface area contributed by atoms with E-state index >= 15 is 0 Å². The van der Waals surface area contributed by atoms with E-state index in [9.17, 15) is 0 Å². The Kier molecular flexibility index (Phi) is 8.79. The van der Waals surface area contributed by atoms with E-state index in [0.29, 0.717) is 6.04 Å². The first-order valence-electron chi connectivity index (χ1n) is 8.61. The molecule has 0 aromatic carbocycles. The van der Waals surface area contributed by atoms with E-state index < -0.39 is 0 Å². The van der Waals surface area contributed by atoms with E-state index in [0.717, 1.165) is 36.8 Å². The number of anilines is 2. The second kappa shape index (κ2) is 10.4. The highest BCUT2D eigenvalue weighted by Crippen LogP contribution is 2.17. The van der Waals surface area contributed by atoms with Gasteiger partial charge in [-0.25, -0.2) is 9.97 Å². The third kappa shape index (κ3) is 6.78. The van der Waals surface area contributed by atoms with Gasteiger partial charge in [-0.15, -0.1) is 0 Å². The fourth-order valence-corrected chi connectivity index (χ4v) is 2.47. The van der Waals surface area contributed by atoms with Crippen molar-refractivity contribution in [3.05, 3.63) is 11.9 Å². The van der Waals surface area contributed by atoms with E-state index in [-0.39, 0.29) is 0 Å². The summed E-state index contributed by atoms with van der Waals surface area (Å²) in [6.45, 7) is 9.63. The smallest absolute Gasteiger partial charge is 0.133 e. The van der Waals surface area contributed by atoms with Crippen LogP contribution in [-0.4, -0.2) is 22.6 Å². The van der Waals surface area contributed by atoms with Crippen LogP contribution in [0.3, 0.4) is 0 Å². The molecule has 1 aromatic heterocycles. The van der Waals surface area contributed by atoms with Crippen LogP contribution in [0.1, 0.15) is 72.0 Å². The molecule has 1 atom stereocenters. The monoisotopic (exact) mass is 292 g/mol. The Morgan fingerprint density at radius 1 is 0.952 bits per heavy atom. The van der Waals surface area contributed by atoms with Crippen molar-refractivity contribution in [2.24, 2.45) is 0 Å². The average Bonchev–Trinajstić information content (AvgIpc) is 2.45. The molecule has 4 nitrogen and oxygen atoms in total. The molecular weight excluding hydrogens is 260 g/mol. The second-order valence-corrected chi connectivity index (χ2v) is 5.61. The van der Waals surface area contributed by atoms with Gasteiger partial charge in [0.2, 0.25) is 0 Å². The van der Waals surface area contributed by atoms with Gasteiger partial charge in [-0.05, 0) is 26.2 Å². The van der Waals surface area contributed by atoms with Gasteiger partial charge in [0.05, 0.1) is 0 Å². The van der Waals surface area contributed by atoms with Crippen LogP contribution >= 0.6 is 0 Å². The molecule has 2 N–H and O–H groups in total. The van der Waals surface area contributed by atoms with Crippen LogP contribution in [0.2, 0.25) is 0 Å². The van der Waals surface area contributed by atoms with Gasteiger partial charge in [-0.2, -0.15) is 0 Å². The van der Waals surface area contributed by atoms with Crippen molar-refractivity contribution in [3.63, 3.8) is 0 Å². The van der Waals surface area contributed by atoms with Gasteiger partial charge in [-0.3, -0.25) is 0 Å². The lowest BCUT2D eigenvalue weighted by Gasteiger charge is -2.19. The number of aryl methyl sites for hydroxylation is 1. The molecule has 120 valence electrons. The standard InChI is InChI=1S/C17H32N4/c1-5-9-12-14(10-6-2)19-17-13-16(18-8-4)20-15(21-17)11-7-3/h13-14H,5-12H2,1-4H3,(H2,18,19,20,21). The number of nitrogens with one attached hydrogen (secondary N) is 2. The van der Waals surface area contributed by atoms with Gasteiger partial charge < -0.3 is 10.6 Å². The number of unbranched alkanes of at least 4 members (excludes halogenated alkanes) is 1. The molecule has 0 saturated carbocycles. The molecule has 1 rings (SSSR count). The Morgan fingerprint density at radius 2 is 1.71 bits per heavy atom. The summed E-state index contributed by atoms with van der Waals surface area (Å²) < 4.78 is 0. The fourth-order valence-electron chi connectivity index (χ4n) is 2.47. The highest BCUT2D eigenvalue weighted by molar-refractivity contribution is 5.48. The van der Waals surface area contributed by atoms with Crippen molar-refractivity contribution in [3.8, 4) is 0 Å². The molecule has 0 aliphatic heterocycles. The van der Waals surface area contributed by atoms with Gasteiger partial charge >= 0.3 is 0 Å². The van der Waals surface area contributed by atoms with Gasteiger partial charge in [0.15, 0.2) is 0 Å². The maximum Gasteiger partial charge on any atom is 0.133 e. The predicted molar refractivity (Wildman–Crippen MR) is 92.0 cm³/mol. The Bertz CT molecular complexity index is 368. The van der Waals surface area contributed by atoms with Crippen LogP contribution in [0, 0.1) is 0 Å². The maximum absolute atomic E-state index is 4.67. The number of aromatic nitrogens is 2. The van der Waals surface area contributed by atoms with E-state index in [1.54, 1.807) is 0 Å². The summed E-state index contributed by atoms with van der Waals surface area (Å²) in [5.74, 6) is 2.84. The molecular formula is C17H32N4. The van der Waals surface area contributed by atoms with Crippen molar-refractivity contribution in [2.75, 3.05) is 17.2 Å². The van der Waals surface area contributed by atoms with Gasteiger partial charge in [0.1, 0.15) is 17.5 Å². The lowest BCUT2D eigenvalue weighted by Crippen LogP contribution is -2.20. The summed E-state index contributed by atoms with van der Waals surface area (Å²) in [5, 5.41) is 6.93.